The van der Waals surface area contributed by atoms with Crippen LogP contribution in [0.5, 0.6) is 0 Å². The van der Waals surface area contributed by atoms with Crippen molar-refractivity contribution in [1.29, 1.82) is 0 Å². The highest BCUT2D eigenvalue weighted by atomic mass is 32.2. The smallest absolute Gasteiger partial charge is 0.356 e. The summed E-state index contributed by atoms with van der Waals surface area (Å²) in [5.74, 6) is 0.00698. The lowest BCUT2D eigenvalue weighted by Gasteiger charge is -2.02. The number of methoxy groups -OCH3 is 1. The van der Waals surface area contributed by atoms with Crippen LogP contribution >= 0.6 is 23.3 Å². The zero-order valence-electron chi connectivity index (χ0n) is 11.1. The quantitative estimate of drug-likeness (QED) is 0.468. The molecule has 0 aliphatic heterocycles. The molecule has 2 aromatic heterocycles. The minimum Gasteiger partial charge on any atom is -0.464 e. The molecule has 0 aromatic carbocycles. The number of nitrogens with zero attached hydrogens (tertiary/aromatic N) is 4. The van der Waals surface area contributed by atoms with Gasteiger partial charge in [0.05, 0.1) is 12.0 Å². The predicted octanol–water partition coefficient (Wildman–Crippen LogP) is 2.34. The van der Waals surface area contributed by atoms with Gasteiger partial charge in [-0.2, -0.15) is 4.37 Å². The van der Waals surface area contributed by atoms with E-state index in [0.29, 0.717) is 16.6 Å². The summed E-state index contributed by atoms with van der Waals surface area (Å²) >= 11 is 2.14. The van der Waals surface area contributed by atoms with E-state index in [9.17, 15) is 14.9 Å². The highest BCUT2D eigenvalue weighted by molar-refractivity contribution is 8.01. The maximum absolute atomic E-state index is 11.5. The van der Waals surface area contributed by atoms with E-state index < -0.39 is 10.9 Å². The lowest BCUT2D eigenvalue weighted by Crippen LogP contribution is -2.06. The fourth-order valence-electron chi connectivity index (χ4n) is 1.37. The normalized spacial score (nSPS) is 10.4. The summed E-state index contributed by atoms with van der Waals surface area (Å²) < 4.78 is 9.19. The summed E-state index contributed by atoms with van der Waals surface area (Å²) in [5, 5.41) is 11.1. The highest BCUT2D eigenvalue weighted by Gasteiger charge is 2.21. The Balaban J connectivity index is 2.38. The van der Waals surface area contributed by atoms with E-state index in [0.717, 1.165) is 23.3 Å². The van der Waals surface area contributed by atoms with Gasteiger partial charge >= 0.3 is 11.7 Å². The van der Waals surface area contributed by atoms with E-state index in [4.69, 9.17) is 0 Å². The molecule has 2 rings (SSSR count). The van der Waals surface area contributed by atoms with Crippen LogP contribution in [-0.2, 0) is 11.2 Å². The second kappa shape index (κ2) is 6.59. The topological polar surface area (TPSA) is 108 Å². The molecule has 2 heterocycles. The SMILES string of the molecule is CCc1nsc(Sc2nc(C(=O)OC)ccc2[N+](=O)[O-])n1. The fraction of sp³-hybridized carbons (Fsp3) is 0.273. The van der Waals surface area contributed by atoms with Crippen molar-refractivity contribution in [2.45, 2.75) is 22.7 Å². The van der Waals surface area contributed by atoms with Gasteiger partial charge in [0, 0.05) is 12.5 Å². The average molecular weight is 326 g/mol. The summed E-state index contributed by atoms with van der Waals surface area (Å²) in [6.45, 7) is 1.91. The van der Waals surface area contributed by atoms with Crippen LogP contribution in [0.3, 0.4) is 0 Å². The van der Waals surface area contributed by atoms with E-state index in [1.807, 2.05) is 6.92 Å². The first-order valence-corrected chi connectivity index (χ1v) is 7.38. The molecule has 0 spiro atoms. The molecule has 0 aliphatic carbocycles. The molecule has 0 amide bonds. The van der Waals surface area contributed by atoms with Gasteiger partial charge in [-0.1, -0.05) is 6.92 Å². The molecule has 0 saturated carbocycles. The molecule has 10 heteroatoms. The van der Waals surface area contributed by atoms with Crippen molar-refractivity contribution < 1.29 is 14.5 Å². The number of ether oxygens (including phenoxy) is 1. The molecule has 0 atom stereocenters. The molecular weight excluding hydrogens is 316 g/mol. The first-order chi connectivity index (χ1) is 10.0. The Bertz CT molecular complexity index is 689. The lowest BCUT2D eigenvalue weighted by molar-refractivity contribution is -0.388. The highest BCUT2D eigenvalue weighted by Crippen LogP contribution is 2.34. The van der Waals surface area contributed by atoms with Crippen LogP contribution in [0.4, 0.5) is 5.69 Å². The van der Waals surface area contributed by atoms with Crippen molar-refractivity contribution in [1.82, 2.24) is 14.3 Å². The summed E-state index contributed by atoms with van der Waals surface area (Å²) in [6, 6.07) is 2.48. The largest absolute Gasteiger partial charge is 0.464 e. The van der Waals surface area contributed by atoms with Gasteiger partial charge in [-0.05, 0) is 29.4 Å². The molecule has 0 aliphatic rings. The van der Waals surface area contributed by atoms with Crippen LogP contribution in [0.2, 0.25) is 0 Å². The van der Waals surface area contributed by atoms with Gasteiger partial charge < -0.3 is 4.74 Å². The molecule has 0 saturated heterocycles. The van der Waals surface area contributed by atoms with E-state index in [1.54, 1.807) is 0 Å². The summed E-state index contributed by atoms with van der Waals surface area (Å²) in [4.78, 5) is 30.1. The molecule has 0 bridgehead atoms. The van der Waals surface area contributed by atoms with Crippen LogP contribution < -0.4 is 0 Å². The van der Waals surface area contributed by atoms with Crippen LogP contribution in [-0.4, -0.2) is 32.3 Å². The number of aromatic nitrogens is 3. The lowest BCUT2D eigenvalue weighted by atomic mass is 10.3. The molecular formula is C11H10N4O4S2. The minimum absolute atomic E-state index is 0.00540. The Labute approximate surface area is 127 Å². The van der Waals surface area contributed by atoms with E-state index >= 15 is 0 Å². The maximum atomic E-state index is 11.5. The Morgan fingerprint density at radius 3 is 2.81 bits per heavy atom. The number of esters is 1. The number of carbonyl (C=O) groups excluding carboxylic acids is 1. The zero-order chi connectivity index (χ0) is 15.4. The first-order valence-electron chi connectivity index (χ1n) is 5.79. The van der Waals surface area contributed by atoms with Crippen molar-refractivity contribution in [3.05, 3.63) is 33.8 Å². The predicted molar refractivity (Wildman–Crippen MR) is 75.6 cm³/mol. The van der Waals surface area contributed by atoms with Crippen molar-refractivity contribution in [2.24, 2.45) is 0 Å². The Kier molecular flexibility index (Phi) is 4.81. The van der Waals surface area contributed by atoms with Crippen molar-refractivity contribution in [2.75, 3.05) is 7.11 Å². The summed E-state index contributed by atoms with van der Waals surface area (Å²) in [5.41, 5.74) is -0.188. The molecule has 2 aromatic rings. The van der Waals surface area contributed by atoms with Gasteiger partial charge in [-0.25, -0.2) is 14.8 Å². The average Bonchev–Trinajstić information content (AvgIpc) is 2.93. The zero-order valence-corrected chi connectivity index (χ0v) is 12.7. The number of aryl methyl sites for hydroxylation is 1. The van der Waals surface area contributed by atoms with Crippen molar-refractivity contribution in [3.63, 3.8) is 0 Å². The van der Waals surface area contributed by atoms with Gasteiger partial charge in [0.1, 0.15) is 11.5 Å². The maximum Gasteiger partial charge on any atom is 0.356 e. The number of rotatable bonds is 5. The van der Waals surface area contributed by atoms with Crippen molar-refractivity contribution >= 4 is 35.0 Å². The van der Waals surface area contributed by atoms with Crippen LogP contribution in [0.1, 0.15) is 23.2 Å². The number of carbonyl (C=O) groups is 1. The fourth-order valence-corrected chi connectivity index (χ4v) is 3.08. The van der Waals surface area contributed by atoms with Gasteiger partial charge in [0.25, 0.3) is 0 Å². The van der Waals surface area contributed by atoms with Gasteiger partial charge in [-0.15, -0.1) is 0 Å². The van der Waals surface area contributed by atoms with E-state index in [1.165, 1.54) is 19.2 Å². The van der Waals surface area contributed by atoms with Gasteiger partial charge in [0.15, 0.2) is 9.37 Å². The van der Waals surface area contributed by atoms with E-state index in [2.05, 4.69) is 19.1 Å². The van der Waals surface area contributed by atoms with Gasteiger partial charge in [-0.3, -0.25) is 10.1 Å². The second-order valence-corrected chi connectivity index (χ2v) is 5.69. The standard InChI is InChI=1S/C11H10N4O4S2/c1-3-8-13-11(21-14-8)20-9-7(15(17)18)5-4-6(12-9)10(16)19-2/h4-5H,3H2,1-2H3. The van der Waals surface area contributed by atoms with Crippen LogP contribution in [0.25, 0.3) is 0 Å². The summed E-state index contributed by atoms with van der Waals surface area (Å²) in [7, 11) is 1.22. The number of pyridine rings is 1. The third-order valence-electron chi connectivity index (χ3n) is 2.38. The molecule has 8 nitrogen and oxygen atoms in total. The Morgan fingerprint density at radius 2 is 2.24 bits per heavy atom. The van der Waals surface area contributed by atoms with Crippen LogP contribution in [0.15, 0.2) is 21.5 Å². The first kappa shape index (κ1) is 15.3. The Hall–Kier alpha value is -2.07. The third kappa shape index (κ3) is 3.52. The molecule has 21 heavy (non-hydrogen) atoms. The van der Waals surface area contributed by atoms with Crippen LogP contribution in [0, 0.1) is 10.1 Å². The van der Waals surface area contributed by atoms with E-state index in [-0.39, 0.29) is 16.4 Å². The number of nitro groups is 1. The molecule has 0 radical (unpaired) electrons. The molecule has 110 valence electrons. The second-order valence-electron chi connectivity index (χ2n) is 3.70. The third-order valence-corrected chi connectivity index (χ3v) is 4.16. The monoisotopic (exact) mass is 326 g/mol. The van der Waals surface area contributed by atoms with Gasteiger partial charge in [0.2, 0.25) is 0 Å². The van der Waals surface area contributed by atoms with Crippen molar-refractivity contribution in [3.8, 4) is 0 Å². The molecule has 0 fully saturated rings. The minimum atomic E-state index is -0.654. The number of hydrogen-bond donors (Lipinski definition) is 0. The molecule has 0 unspecified atom stereocenters. The Morgan fingerprint density at radius 1 is 1.48 bits per heavy atom. The number of hydrogen-bond acceptors (Lipinski definition) is 9. The summed E-state index contributed by atoms with van der Waals surface area (Å²) in [6.07, 6.45) is 0.675. The molecule has 0 N–H and O–H groups in total.